The predicted molar refractivity (Wildman–Crippen MR) is 58.8 cm³/mol. The summed E-state index contributed by atoms with van der Waals surface area (Å²) in [5.74, 6) is -1.09. The lowest BCUT2D eigenvalue weighted by Gasteiger charge is -2.10. The summed E-state index contributed by atoms with van der Waals surface area (Å²) < 4.78 is 5.24. The number of rotatable bonds is 4. The van der Waals surface area contributed by atoms with Gasteiger partial charge in [-0.2, -0.15) is 0 Å². The molecule has 1 rings (SSSR count). The van der Waals surface area contributed by atoms with Crippen LogP contribution in [-0.2, 0) is 4.79 Å². The lowest BCUT2D eigenvalue weighted by Crippen LogP contribution is -2.18. The Balaban J connectivity index is 2.66. The van der Waals surface area contributed by atoms with Crippen LogP contribution in [0.3, 0.4) is 0 Å². The van der Waals surface area contributed by atoms with E-state index < -0.39 is 11.9 Å². The van der Waals surface area contributed by atoms with Gasteiger partial charge in [0.25, 0.3) is 0 Å². The van der Waals surface area contributed by atoms with Crippen LogP contribution in [-0.4, -0.2) is 17.7 Å². The second kappa shape index (κ2) is 5.24. The molecule has 0 saturated heterocycles. The van der Waals surface area contributed by atoms with Crippen molar-refractivity contribution < 1.29 is 14.6 Å². The molecule has 0 heterocycles. The zero-order chi connectivity index (χ0) is 11.4. The summed E-state index contributed by atoms with van der Waals surface area (Å²) in [6.45, 7) is 1.62. The second-order valence-corrected chi connectivity index (χ2v) is 3.89. The highest BCUT2D eigenvalue weighted by atomic mass is 35.5. The van der Waals surface area contributed by atoms with Crippen molar-refractivity contribution in [2.75, 3.05) is 6.61 Å². The van der Waals surface area contributed by atoms with Gasteiger partial charge in [-0.3, -0.25) is 4.79 Å². The van der Waals surface area contributed by atoms with Gasteiger partial charge < -0.3 is 9.84 Å². The van der Waals surface area contributed by atoms with Gasteiger partial charge in [0.2, 0.25) is 0 Å². The minimum Gasteiger partial charge on any atom is -0.491 e. The summed E-state index contributed by atoms with van der Waals surface area (Å²) in [6, 6.07) is 4.97. The van der Waals surface area contributed by atoms with Gasteiger partial charge in [-0.15, -0.1) is 0 Å². The summed E-state index contributed by atoms with van der Waals surface area (Å²) in [6.07, 6.45) is 0. The molecular weight excluding hydrogens is 239 g/mol. The Labute approximate surface area is 97.6 Å². The van der Waals surface area contributed by atoms with E-state index in [4.69, 9.17) is 33.0 Å². The molecule has 0 aliphatic heterocycles. The molecule has 0 saturated carbocycles. The number of aliphatic carboxylic acids is 1. The highest BCUT2D eigenvalue weighted by molar-refractivity contribution is 6.42. The van der Waals surface area contributed by atoms with Crippen LogP contribution in [0.25, 0.3) is 0 Å². The fourth-order valence-corrected chi connectivity index (χ4v) is 1.23. The molecule has 0 aliphatic carbocycles. The molecule has 1 atom stereocenters. The molecule has 15 heavy (non-hydrogen) atoms. The third-order valence-corrected chi connectivity index (χ3v) is 2.63. The first-order valence-corrected chi connectivity index (χ1v) is 5.07. The van der Waals surface area contributed by atoms with Crippen LogP contribution in [0, 0.1) is 5.92 Å². The zero-order valence-corrected chi connectivity index (χ0v) is 9.55. The van der Waals surface area contributed by atoms with Crippen LogP contribution in [0.5, 0.6) is 5.75 Å². The van der Waals surface area contributed by atoms with Gasteiger partial charge in [0.1, 0.15) is 17.4 Å². The third-order valence-electron chi connectivity index (χ3n) is 1.83. The number of hydrogen-bond acceptors (Lipinski definition) is 2. The van der Waals surface area contributed by atoms with Gasteiger partial charge >= 0.3 is 5.97 Å². The minimum absolute atomic E-state index is 0.0649. The summed E-state index contributed by atoms with van der Waals surface area (Å²) in [5.41, 5.74) is 0. The van der Waals surface area contributed by atoms with E-state index in [1.165, 1.54) is 0 Å². The maximum absolute atomic E-state index is 10.5. The Bertz CT molecular complexity index is 366. The van der Waals surface area contributed by atoms with E-state index in [1.807, 2.05) is 0 Å². The first-order chi connectivity index (χ1) is 7.02. The molecule has 3 nitrogen and oxygen atoms in total. The Hall–Kier alpha value is -0.930. The number of carboxylic acids is 1. The summed E-state index contributed by atoms with van der Waals surface area (Å²) in [5, 5.41) is 9.33. The smallest absolute Gasteiger partial charge is 0.309 e. The van der Waals surface area contributed by atoms with E-state index in [2.05, 4.69) is 0 Å². The van der Waals surface area contributed by atoms with Crippen molar-refractivity contribution in [1.82, 2.24) is 0 Å². The monoisotopic (exact) mass is 248 g/mol. The number of hydrogen-bond donors (Lipinski definition) is 1. The molecule has 82 valence electrons. The van der Waals surface area contributed by atoms with Crippen LogP contribution >= 0.6 is 23.2 Å². The summed E-state index contributed by atoms with van der Waals surface area (Å²) in [4.78, 5) is 10.5. The van der Waals surface area contributed by atoms with Gasteiger partial charge in [0.15, 0.2) is 0 Å². The first kappa shape index (κ1) is 12.1. The van der Waals surface area contributed by atoms with E-state index in [-0.39, 0.29) is 6.61 Å². The second-order valence-electron chi connectivity index (χ2n) is 3.10. The molecule has 1 N–H and O–H groups in total. The molecule has 1 aromatic rings. The molecule has 0 aliphatic rings. The largest absolute Gasteiger partial charge is 0.491 e. The van der Waals surface area contributed by atoms with Crippen molar-refractivity contribution in [3.05, 3.63) is 28.2 Å². The fraction of sp³-hybridized carbons (Fsp3) is 0.300. The molecule has 5 heteroatoms. The number of carbonyl (C=O) groups is 1. The Kier molecular flexibility index (Phi) is 4.24. The third kappa shape index (κ3) is 3.29. The molecule has 1 aromatic carbocycles. The zero-order valence-electron chi connectivity index (χ0n) is 8.04. The van der Waals surface area contributed by atoms with Crippen molar-refractivity contribution in [1.29, 1.82) is 0 Å². The van der Waals surface area contributed by atoms with Crippen LogP contribution in [0.1, 0.15) is 6.92 Å². The van der Waals surface area contributed by atoms with Crippen molar-refractivity contribution >= 4 is 29.2 Å². The number of ether oxygens (including phenoxy) is 1. The van der Waals surface area contributed by atoms with Crippen molar-refractivity contribution in [2.45, 2.75) is 6.92 Å². The quantitative estimate of drug-likeness (QED) is 0.891. The van der Waals surface area contributed by atoms with Gasteiger partial charge in [0.05, 0.1) is 10.9 Å². The Morgan fingerprint density at radius 2 is 2.20 bits per heavy atom. The minimum atomic E-state index is -0.909. The average molecular weight is 249 g/mol. The van der Waals surface area contributed by atoms with Gasteiger partial charge in [-0.25, -0.2) is 0 Å². The lowest BCUT2D eigenvalue weighted by atomic mass is 10.2. The highest BCUT2D eigenvalue weighted by Gasteiger charge is 2.13. The van der Waals surface area contributed by atoms with Crippen molar-refractivity contribution in [2.24, 2.45) is 5.92 Å². The maximum atomic E-state index is 10.5. The highest BCUT2D eigenvalue weighted by Crippen LogP contribution is 2.31. The molecule has 0 aromatic heterocycles. The summed E-state index contributed by atoms with van der Waals surface area (Å²) in [7, 11) is 0. The SMILES string of the molecule is CC(COc1cccc(Cl)c1Cl)C(=O)O. The van der Waals surface area contributed by atoms with Crippen LogP contribution in [0.15, 0.2) is 18.2 Å². The number of carboxylic acid groups (broad SMARTS) is 1. The van der Waals surface area contributed by atoms with Gasteiger partial charge in [-0.1, -0.05) is 29.3 Å². The fourth-order valence-electron chi connectivity index (χ4n) is 0.882. The molecule has 0 radical (unpaired) electrons. The van der Waals surface area contributed by atoms with Gasteiger partial charge in [0, 0.05) is 0 Å². The number of benzene rings is 1. The van der Waals surface area contributed by atoms with E-state index >= 15 is 0 Å². The standard InChI is InChI=1S/C10H10Cl2O3/c1-6(10(13)14)5-15-8-4-2-3-7(11)9(8)12/h2-4,6H,5H2,1H3,(H,13,14). The van der Waals surface area contributed by atoms with Crippen LogP contribution in [0.2, 0.25) is 10.0 Å². The maximum Gasteiger partial charge on any atom is 0.309 e. The van der Waals surface area contributed by atoms with Gasteiger partial charge in [-0.05, 0) is 19.1 Å². The lowest BCUT2D eigenvalue weighted by molar-refractivity contribution is -0.142. The van der Waals surface area contributed by atoms with Crippen LogP contribution in [0.4, 0.5) is 0 Å². The molecular formula is C10H10Cl2O3. The topological polar surface area (TPSA) is 46.5 Å². The normalized spacial score (nSPS) is 12.2. The average Bonchev–Trinajstić information content (AvgIpc) is 2.19. The van der Waals surface area contributed by atoms with E-state index in [1.54, 1.807) is 25.1 Å². The first-order valence-electron chi connectivity index (χ1n) is 4.32. The Morgan fingerprint density at radius 1 is 1.53 bits per heavy atom. The van der Waals surface area contributed by atoms with E-state index in [0.29, 0.717) is 15.8 Å². The summed E-state index contributed by atoms with van der Waals surface area (Å²) >= 11 is 11.6. The molecule has 0 fully saturated rings. The van der Waals surface area contributed by atoms with Crippen molar-refractivity contribution in [3.63, 3.8) is 0 Å². The molecule has 0 bridgehead atoms. The molecule has 0 amide bonds. The number of halogens is 2. The van der Waals surface area contributed by atoms with Crippen molar-refractivity contribution in [3.8, 4) is 5.75 Å². The van der Waals surface area contributed by atoms with E-state index in [0.717, 1.165) is 0 Å². The van der Waals surface area contributed by atoms with E-state index in [9.17, 15) is 4.79 Å². The van der Waals surface area contributed by atoms with Crippen LogP contribution < -0.4 is 4.74 Å². The molecule has 1 unspecified atom stereocenters. The predicted octanol–water partition coefficient (Wildman–Crippen LogP) is 3.09. The Morgan fingerprint density at radius 3 is 2.80 bits per heavy atom. The molecule has 0 spiro atoms.